The molecule has 1 aliphatic rings. The first-order valence-corrected chi connectivity index (χ1v) is 5.82. The summed E-state index contributed by atoms with van der Waals surface area (Å²) in [6.07, 6.45) is 6.95. The minimum atomic E-state index is 0.106. The second-order valence-corrected chi connectivity index (χ2v) is 4.31. The molecule has 2 nitrogen and oxygen atoms in total. The zero-order chi connectivity index (χ0) is 12.3. The Hall–Kier alpha value is -1.67. The molecule has 0 fully saturated rings. The average Bonchev–Trinajstić information content (AvgIpc) is 2.38. The summed E-state index contributed by atoms with van der Waals surface area (Å²) in [5.74, 6) is 0. The Balaban J connectivity index is 2.49. The Morgan fingerprint density at radius 1 is 1.41 bits per heavy atom. The maximum atomic E-state index is 10.7. The zero-order valence-electron chi connectivity index (χ0n) is 9.94. The van der Waals surface area contributed by atoms with Crippen molar-refractivity contribution in [2.24, 2.45) is 0 Å². The van der Waals surface area contributed by atoms with Crippen LogP contribution in [0.5, 0.6) is 0 Å². The fraction of sp³-hybridized carbons (Fsp3) is 0.267. The number of hydrogen-bond acceptors (Lipinski definition) is 2. The average molecular weight is 228 g/mol. The third-order valence-corrected chi connectivity index (χ3v) is 3.15. The number of aryl methyl sites for hydroxylation is 1. The maximum absolute atomic E-state index is 10.7. The third kappa shape index (κ3) is 2.37. The first-order chi connectivity index (χ1) is 8.26. The van der Waals surface area contributed by atoms with Gasteiger partial charge in [0.15, 0.2) is 0 Å². The maximum Gasteiger partial charge on any atom is 0.150 e. The van der Waals surface area contributed by atoms with E-state index in [1.54, 1.807) is 0 Å². The second kappa shape index (κ2) is 5.11. The molecule has 1 aromatic carbocycles. The molecule has 0 aromatic heterocycles. The van der Waals surface area contributed by atoms with Crippen LogP contribution in [0, 0.1) is 6.92 Å². The van der Waals surface area contributed by atoms with E-state index in [-0.39, 0.29) is 6.61 Å². The van der Waals surface area contributed by atoms with Crippen LogP contribution in [0.15, 0.2) is 35.9 Å². The van der Waals surface area contributed by atoms with Gasteiger partial charge in [-0.1, -0.05) is 24.3 Å². The fourth-order valence-corrected chi connectivity index (χ4v) is 2.22. The van der Waals surface area contributed by atoms with Crippen molar-refractivity contribution >= 4 is 11.9 Å². The molecule has 0 radical (unpaired) electrons. The number of aliphatic hydroxyl groups is 1. The van der Waals surface area contributed by atoms with E-state index in [0.717, 1.165) is 41.4 Å². The first kappa shape index (κ1) is 11.8. The predicted molar refractivity (Wildman–Crippen MR) is 68.9 cm³/mol. The highest BCUT2D eigenvalue weighted by Gasteiger charge is 2.11. The molecule has 0 spiro atoms. The summed E-state index contributed by atoms with van der Waals surface area (Å²) >= 11 is 0. The van der Waals surface area contributed by atoms with E-state index in [1.165, 1.54) is 0 Å². The van der Waals surface area contributed by atoms with Crippen molar-refractivity contribution in [2.75, 3.05) is 6.61 Å². The quantitative estimate of drug-likeness (QED) is 0.808. The number of aliphatic hydroxyl groups excluding tert-OH is 1. The summed E-state index contributed by atoms with van der Waals surface area (Å²) < 4.78 is 0. The van der Waals surface area contributed by atoms with Crippen molar-refractivity contribution in [1.82, 2.24) is 0 Å². The Morgan fingerprint density at radius 2 is 2.24 bits per heavy atom. The third-order valence-electron chi connectivity index (χ3n) is 3.15. The lowest BCUT2D eigenvalue weighted by molar-refractivity contribution is 0.112. The second-order valence-electron chi connectivity index (χ2n) is 4.31. The van der Waals surface area contributed by atoms with Crippen LogP contribution in [0.1, 0.15) is 34.3 Å². The van der Waals surface area contributed by atoms with Crippen molar-refractivity contribution in [3.8, 4) is 0 Å². The molecule has 0 heterocycles. The molecule has 0 unspecified atom stereocenters. The largest absolute Gasteiger partial charge is 0.392 e. The van der Waals surface area contributed by atoms with E-state index < -0.39 is 0 Å². The summed E-state index contributed by atoms with van der Waals surface area (Å²) in [6, 6.07) is 5.66. The normalized spacial score (nSPS) is 15.2. The molecule has 0 aliphatic heterocycles. The lowest BCUT2D eigenvalue weighted by Crippen LogP contribution is -2.01. The van der Waals surface area contributed by atoms with Crippen LogP contribution in [0.25, 0.3) is 5.57 Å². The van der Waals surface area contributed by atoms with Crippen LogP contribution in [-0.4, -0.2) is 18.0 Å². The Morgan fingerprint density at radius 3 is 2.88 bits per heavy atom. The molecule has 0 saturated heterocycles. The van der Waals surface area contributed by atoms with Crippen LogP contribution in [0.2, 0.25) is 0 Å². The molecule has 2 rings (SSSR count). The number of aldehydes is 1. The van der Waals surface area contributed by atoms with Gasteiger partial charge in [-0.05, 0) is 48.1 Å². The van der Waals surface area contributed by atoms with Crippen LogP contribution < -0.4 is 0 Å². The van der Waals surface area contributed by atoms with E-state index in [9.17, 15) is 9.90 Å². The molecule has 0 amide bonds. The van der Waals surface area contributed by atoms with Crippen molar-refractivity contribution in [3.05, 3.63) is 52.6 Å². The molecular formula is C15H16O2. The molecule has 1 N–H and O–H groups in total. The monoisotopic (exact) mass is 228 g/mol. The van der Waals surface area contributed by atoms with Gasteiger partial charge in [-0.3, -0.25) is 4.79 Å². The summed E-state index contributed by atoms with van der Waals surface area (Å²) in [5.41, 5.74) is 5.05. The van der Waals surface area contributed by atoms with Gasteiger partial charge in [-0.15, -0.1) is 0 Å². The van der Waals surface area contributed by atoms with Gasteiger partial charge in [0.25, 0.3) is 0 Å². The lowest BCUT2D eigenvalue weighted by atomic mass is 9.90. The standard InChI is InChI=1S/C15H16O2/c1-11-8-12(9-16)6-7-14(11)15-5-3-2-4-13(15)10-17/h3,5-9,17H,2,4,10H2,1H3. The minimum absolute atomic E-state index is 0.106. The number of benzene rings is 1. The van der Waals surface area contributed by atoms with Gasteiger partial charge in [0.2, 0.25) is 0 Å². The van der Waals surface area contributed by atoms with Gasteiger partial charge in [0.1, 0.15) is 6.29 Å². The van der Waals surface area contributed by atoms with Gasteiger partial charge in [0, 0.05) is 5.56 Å². The molecule has 1 aliphatic carbocycles. The molecule has 88 valence electrons. The summed E-state index contributed by atoms with van der Waals surface area (Å²) in [7, 11) is 0. The van der Waals surface area contributed by atoms with Crippen LogP contribution in [0.4, 0.5) is 0 Å². The van der Waals surface area contributed by atoms with Gasteiger partial charge < -0.3 is 5.11 Å². The highest BCUT2D eigenvalue weighted by Crippen LogP contribution is 2.29. The molecule has 0 saturated carbocycles. The molecule has 0 atom stereocenters. The molecule has 0 bridgehead atoms. The smallest absolute Gasteiger partial charge is 0.150 e. The fourth-order valence-electron chi connectivity index (χ4n) is 2.22. The van der Waals surface area contributed by atoms with Crippen molar-refractivity contribution in [2.45, 2.75) is 19.8 Å². The van der Waals surface area contributed by atoms with Gasteiger partial charge in [0.05, 0.1) is 6.61 Å². The van der Waals surface area contributed by atoms with E-state index in [1.807, 2.05) is 25.1 Å². The van der Waals surface area contributed by atoms with Gasteiger partial charge >= 0.3 is 0 Å². The number of hydrogen-bond donors (Lipinski definition) is 1. The summed E-state index contributed by atoms with van der Waals surface area (Å²) in [4.78, 5) is 10.7. The molecular weight excluding hydrogens is 212 g/mol. The minimum Gasteiger partial charge on any atom is -0.392 e. The SMILES string of the molecule is Cc1cc(C=O)ccc1C1=C(CO)CCC=C1. The number of carbonyl (C=O) groups excluding carboxylic acids is 1. The zero-order valence-corrected chi connectivity index (χ0v) is 9.94. The topological polar surface area (TPSA) is 37.3 Å². The van der Waals surface area contributed by atoms with Crippen LogP contribution >= 0.6 is 0 Å². The first-order valence-electron chi connectivity index (χ1n) is 5.82. The Kier molecular flexibility index (Phi) is 3.55. The van der Waals surface area contributed by atoms with Crippen molar-refractivity contribution < 1.29 is 9.90 Å². The van der Waals surface area contributed by atoms with E-state index >= 15 is 0 Å². The summed E-state index contributed by atoms with van der Waals surface area (Å²) in [6.45, 7) is 2.10. The van der Waals surface area contributed by atoms with Gasteiger partial charge in [-0.2, -0.15) is 0 Å². The number of rotatable bonds is 3. The summed E-state index contributed by atoms with van der Waals surface area (Å²) in [5, 5.41) is 9.37. The Labute approximate surface area is 101 Å². The van der Waals surface area contributed by atoms with Crippen molar-refractivity contribution in [1.29, 1.82) is 0 Å². The van der Waals surface area contributed by atoms with Crippen LogP contribution in [-0.2, 0) is 0 Å². The lowest BCUT2D eigenvalue weighted by Gasteiger charge is -2.16. The van der Waals surface area contributed by atoms with Crippen LogP contribution in [0.3, 0.4) is 0 Å². The molecule has 17 heavy (non-hydrogen) atoms. The highest BCUT2D eigenvalue weighted by molar-refractivity contribution is 5.82. The molecule has 2 heteroatoms. The highest BCUT2D eigenvalue weighted by atomic mass is 16.3. The van der Waals surface area contributed by atoms with E-state index in [2.05, 4.69) is 12.2 Å². The predicted octanol–water partition coefficient (Wildman–Crippen LogP) is 2.90. The number of allylic oxidation sites excluding steroid dienone is 3. The van der Waals surface area contributed by atoms with Crippen molar-refractivity contribution in [3.63, 3.8) is 0 Å². The van der Waals surface area contributed by atoms with E-state index in [4.69, 9.17) is 0 Å². The van der Waals surface area contributed by atoms with Gasteiger partial charge in [-0.25, -0.2) is 0 Å². The molecule has 1 aromatic rings. The number of carbonyl (C=O) groups is 1. The Bertz CT molecular complexity index is 496. The van der Waals surface area contributed by atoms with E-state index in [0.29, 0.717) is 5.56 Å².